The van der Waals surface area contributed by atoms with Gasteiger partial charge in [-0.2, -0.15) is 0 Å². The molecular weight excluding hydrogens is 238 g/mol. The molecule has 1 aromatic carbocycles. The van der Waals surface area contributed by atoms with Crippen molar-refractivity contribution in [1.82, 2.24) is 5.32 Å². The van der Waals surface area contributed by atoms with Crippen LogP contribution in [0, 0.1) is 5.92 Å². The zero-order valence-electron chi connectivity index (χ0n) is 11.1. The molecule has 3 heteroatoms. The highest BCUT2D eigenvalue weighted by molar-refractivity contribution is 5.74. The van der Waals surface area contributed by atoms with Crippen LogP contribution in [0.15, 0.2) is 24.3 Å². The normalized spacial score (nSPS) is 24.3. The molecule has 3 rings (SSSR count). The van der Waals surface area contributed by atoms with Gasteiger partial charge in [0.2, 0.25) is 0 Å². The largest absolute Gasteiger partial charge is 0.480 e. The quantitative estimate of drug-likeness (QED) is 0.817. The number of carboxylic acids is 1. The van der Waals surface area contributed by atoms with Gasteiger partial charge in [0.05, 0.1) is 0 Å². The van der Waals surface area contributed by atoms with Gasteiger partial charge in [-0.05, 0) is 49.1 Å². The number of aliphatic carboxylic acids is 1. The summed E-state index contributed by atoms with van der Waals surface area (Å²) < 4.78 is 0. The van der Waals surface area contributed by atoms with E-state index in [1.165, 1.54) is 24.0 Å². The number of aryl methyl sites for hydroxylation is 1. The average molecular weight is 259 g/mol. The lowest BCUT2D eigenvalue weighted by Gasteiger charge is -2.24. The molecule has 0 heterocycles. The first kappa shape index (κ1) is 12.7. The highest BCUT2D eigenvalue weighted by Gasteiger charge is 2.37. The summed E-state index contributed by atoms with van der Waals surface area (Å²) in [4.78, 5) is 11.4. The van der Waals surface area contributed by atoms with Crippen molar-refractivity contribution in [3.63, 3.8) is 0 Å². The van der Waals surface area contributed by atoms with Crippen LogP contribution in [0.3, 0.4) is 0 Å². The Morgan fingerprint density at radius 2 is 2.00 bits per heavy atom. The van der Waals surface area contributed by atoms with Gasteiger partial charge in [0.1, 0.15) is 6.04 Å². The first-order valence-corrected chi connectivity index (χ1v) is 7.32. The molecule has 1 saturated carbocycles. The standard InChI is InChI=1S/C16H21NO2/c18-16(19)15(12-9-10-12)17-14-8-4-2-6-11-5-1-3-7-13(11)14/h1,3,5,7,12,14-15,17H,2,4,6,8-10H2,(H,18,19). The van der Waals surface area contributed by atoms with Crippen molar-refractivity contribution >= 4 is 5.97 Å². The number of carbonyl (C=O) groups is 1. The molecule has 1 aromatic rings. The highest BCUT2D eigenvalue weighted by Crippen LogP contribution is 2.36. The molecule has 0 radical (unpaired) electrons. The maximum atomic E-state index is 11.4. The van der Waals surface area contributed by atoms with E-state index in [2.05, 4.69) is 29.6 Å². The molecule has 2 unspecified atom stereocenters. The van der Waals surface area contributed by atoms with E-state index in [0.717, 1.165) is 25.7 Å². The summed E-state index contributed by atoms with van der Waals surface area (Å²) in [7, 11) is 0. The Bertz CT molecular complexity index is 468. The van der Waals surface area contributed by atoms with Crippen molar-refractivity contribution in [3.05, 3.63) is 35.4 Å². The third-order valence-corrected chi connectivity index (χ3v) is 4.36. The molecular formula is C16H21NO2. The van der Waals surface area contributed by atoms with Crippen molar-refractivity contribution < 1.29 is 9.90 Å². The zero-order chi connectivity index (χ0) is 13.2. The number of fused-ring (bicyclic) bond motifs is 1. The number of hydrogen-bond acceptors (Lipinski definition) is 2. The molecule has 0 aliphatic heterocycles. The number of benzene rings is 1. The number of carboxylic acid groups (broad SMARTS) is 1. The Morgan fingerprint density at radius 1 is 1.21 bits per heavy atom. The second-order valence-corrected chi connectivity index (χ2v) is 5.82. The SMILES string of the molecule is O=C(O)C(NC1CCCCc2ccccc21)C1CC1. The van der Waals surface area contributed by atoms with Gasteiger partial charge in [-0.15, -0.1) is 0 Å². The molecule has 0 aromatic heterocycles. The fourth-order valence-corrected chi connectivity index (χ4v) is 3.15. The lowest BCUT2D eigenvalue weighted by Crippen LogP contribution is -2.41. The average Bonchev–Trinajstić information content (AvgIpc) is 3.23. The Kier molecular flexibility index (Phi) is 3.56. The zero-order valence-corrected chi connectivity index (χ0v) is 11.1. The molecule has 2 N–H and O–H groups in total. The molecule has 0 bridgehead atoms. The maximum Gasteiger partial charge on any atom is 0.320 e. The minimum absolute atomic E-state index is 0.209. The van der Waals surface area contributed by atoms with Gasteiger partial charge in [0, 0.05) is 6.04 Å². The molecule has 0 amide bonds. The molecule has 1 fully saturated rings. The van der Waals surface area contributed by atoms with E-state index in [1.807, 2.05) is 0 Å². The van der Waals surface area contributed by atoms with E-state index >= 15 is 0 Å². The number of nitrogens with one attached hydrogen (secondary N) is 1. The summed E-state index contributed by atoms with van der Waals surface area (Å²) in [6, 6.07) is 8.33. The van der Waals surface area contributed by atoms with Crippen LogP contribution >= 0.6 is 0 Å². The van der Waals surface area contributed by atoms with Crippen LogP contribution in [0.1, 0.15) is 49.3 Å². The van der Waals surface area contributed by atoms with Crippen LogP contribution < -0.4 is 5.32 Å². The Morgan fingerprint density at radius 3 is 2.74 bits per heavy atom. The van der Waals surface area contributed by atoms with E-state index in [-0.39, 0.29) is 12.1 Å². The van der Waals surface area contributed by atoms with Crippen molar-refractivity contribution in [2.75, 3.05) is 0 Å². The van der Waals surface area contributed by atoms with Crippen LogP contribution in [-0.4, -0.2) is 17.1 Å². The van der Waals surface area contributed by atoms with Crippen molar-refractivity contribution in [2.24, 2.45) is 5.92 Å². The summed E-state index contributed by atoms with van der Waals surface area (Å²) in [6.07, 6.45) is 6.65. The number of hydrogen-bond donors (Lipinski definition) is 2. The minimum atomic E-state index is -0.691. The molecule has 19 heavy (non-hydrogen) atoms. The van der Waals surface area contributed by atoms with E-state index in [1.54, 1.807) is 0 Å². The molecule has 2 aliphatic carbocycles. The van der Waals surface area contributed by atoms with E-state index < -0.39 is 5.97 Å². The molecule has 102 valence electrons. The Hall–Kier alpha value is -1.35. The molecule has 0 spiro atoms. The fraction of sp³-hybridized carbons (Fsp3) is 0.562. The maximum absolute atomic E-state index is 11.4. The lowest BCUT2D eigenvalue weighted by atomic mass is 9.98. The Balaban J connectivity index is 1.81. The van der Waals surface area contributed by atoms with Gasteiger partial charge in [0.15, 0.2) is 0 Å². The topological polar surface area (TPSA) is 49.3 Å². The summed E-state index contributed by atoms with van der Waals surface area (Å²) in [5.74, 6) is -0.350. The van der Waals surface area contributed by atoms with Crippen LogP contribution in [-0.2, 0) is 11.2 Å². The summed E-state index contributed by atoms with van der Waals surface area (Å²) in [5.41, 5.74) is 2.70. The monoisotopic (exact) mass is 259 g/mol. The second-order valence-electron chi connectivity index (χ2n) is 5.82. The third kappa shape index (κ3) is 2.81. The van der Waals surface area contributed by atoms with Crippen molar-refractivity contribution in [1.29, 1.82) is 0 Å². The molecule has 3 nitrogen and oxygen atoms in total. The van der Waals surface area contributed by atoms with Crippen LogP contribution in [0.5, 0.6) is 0 Å². The van der Waals surface area contributed by atoms with E-state index in [4.69, 9.17) is 0 Å². The predicted octanol–water partition coefficient (Wildman–Crippen LogP) is 2.91. The molecule has 2 atom stereocenters. The summed E-state index contributed by atoms with van der Waals surface area (Å²) >= 11 is 0. The van der Waals surface area contributed by atoms with Gasteiger partial charge in [-0.3, -0.25) is 10.1 Å². The van der Waals surface area contributed by atoms with E-state index in [0.29, 0.717) is 5.92 Å². The summed E-state index contributed by atoms with van der Waals surface area (Å²) in [6.45, 7) is 0. The molecule has 2 aliphatic rings. The third-order valence-electron chi connectivity index (χ3n) is 4.36. The van der Waals surface area contributed by atoms with Gasteiger partial charge in [-0.1, -0.05) is 30.7 Å². The first-order chi connectivity index (χ1) is 9.25. The summed E-state index contributed by atoms with van der Waals surface area (Å²) in [5, 5.41) is 12.8. The fourth-order valence-electron chi connectivity index (χ4n) is 3.15. The van der Waals surface area contributed by atoms with Gasteiger partial charge in [0.25, 0.3) is 0 Å². The molecule has 0 saturated heterocycles. The van der Waals surface area contributed by atoms with Gasteiger partial charge < -0.3 is 5.11 Å². The highest BCUT2D eigenvalue weighted by atomic mass is 16.4. The predicted molar refractivity (Wildman–Crippen MR) is 74.0 cm³/mol. The second kappa shape index (κ2) is 5.33. The van der Waals surface area contributed by atoms with Gasteiger partial charge in [-0.25, -0.2) is 0 Å². The van der Waals surface area contributed by atoms with Crippen molar-refractivity contribution in [3.8, 4) is 0 Å². The Labute approximate surface area is 114 Å². The van der Waals surface area contributed by atoms with Crippen LogP contribution in [0.4, 0.5) is 0 Å². The van der Waals surface area contributed by atoms with E-state index in [9.17, 15) is 9.90 Å². The van der Waals surface area contributed by atoms with Crippen molar-refractivity contribution in [2.45, 2.75) is 50.6 Å². The number of rotatable bonds is 4. The van der Waals surface area contributed by atoms with Gasteiger partial charge >= 0.3 is 5.97 Å². The van der Waals surface area contributed by atoms with Crippen LogP contribution in [0.2, 0.25) is 0 Å². The van der Waals surface area contributed by atoms with Crippen LogP contribution in [0.25, 0.3) is 0 Å². The first-order valence-electron chi connectivity index (χ1n) is 7.32. The minimum Gasteiger partial charge on any atom is -0.480 e. The lowest BCUT2D eigenvalue weighted by molar-refractivity contribution is -0.140. The smallest absolute Gasteiger partial charge is 0.320 e.